The van der Waals surface area contributed by atoms with Crippen LogP contribution in [0.2, 0.25) is 0 Å². The third-order valence-corrected chi connectivity index (χ3v) is 1.64. The molecule has 0 atom stereocenters. The number of carbonyl (C=O) groups excluding carboxylic acids is 2. The van der Waals surface area contributed by atoms with Crippen molar-refractivity contribution in [1.82, 2.24) is 0 Å². The van der Waals surface area contributed by atoms with E-state index in [1.165, 1.54) is 12.2 Å². The summed E-state index contributed by atoms with van der Waals surface area (Å²) in [6, 6.07) is 0. The van der Waals surface area contributed by atoms with E-state index in [9.17, 15) is 9.59 Å². The van der Waals surface area contributed by atoms with E-state index in [1.807, 2.05) is 0 Å². The predicted octanol–water partition coefficient (Wildman–Crippen LogP) is 1.81. The molecule has 0 N–H and O–H groups in total. The van der Waals surface area contributed by atoms with Crippen molar-refractivity contribution in [2.75, 3.05) is 0 Å². The molecule has 0 saturated heterocycles. The van der Waals surface area contributed by atoms with Crippen LogP contribution in [-0.4, -0.2) is 17.8 Å². The maximum absolute atomic E-state index is 9.93. The number of nitrogens with zero attached hydrogens (tertiary/aromatic N) is 2. The number of rotatable bonds is 4. The van der Waals surface area contributed by atoms with Crippen LogP contribution in [0.15, 0.2) is 9.98 Å². The lowest BCUT2D eigenvalue weighted by atomic mass is 10.1. The second-order valence-corrected chi connectivity index (χ2v) is 2.10. The molecule has 12 heavy (non-hydrogen) atoms. The summed E-state index contributed by atoms with van der Waals surface area (Å²) < 4.78 is 0. The predicted molar refractivity (Wildman–Crippen MR) is 46.3 cm³/mol. The molecule has 0 fully saturated rings. The molecule has 0 saturated carbocycles. The molecule has 0 aromatic heterocycles. The van der Waals surface area contributed by atoms with Gasteiger partial charge in [0.05, 0.1) is 0 Å². The van der Waals surface area contributed by atoms with Crippen LogP contribution in [0.5, 0.6) is 0 Å². The summed E-state index contributed by atoms with van der Waals surface area (Å²) in [6.07, 6.45) is 3.81. The van der Waals surface area contributed by atoms with E-state index in [0.717, 1.165) is 0 Å². The van der Waals surface area contributed by atoms with Gasteiger partial charge in [-0.1, -0.05) is 21.3 Å². The summed E-state index contributed by atoms with van der Waals surface area (Å²) in [5.74, 6) is 0. The van der Waals surface area contributed by atoms with Crippen LogP contribution < -0.4 is 0 Å². The molecule has 4 heteroatoms. The molecule has 0 aliphatic carbocycles. The number of hydrogen-bond donors (Lipinski definition) is 0. The van der Waals surface area contributed by atoms with E-state index in [2.05, 4.69) is 9.98 Å². The van der Waals surface area contributed by atoms with Gasteiger partial charge in [-0.25, -0.2) is 9.59 Å². The first kappa shape index (κ1) is 13.4. The fourth-order valence-corrected chi connectivity index (χ4v) is 0.761. The average Bonchev–Trinajstić information content (AvgIpc) is 2.04. The highest BCUT2D eigenvalue weighted by Gasteiger charge is 2.23. The summed E-state index contributed by atoms with van der Waals surface area (Å²) in [6.45, 7) is 3.59. The van der Waals surface area contributed by atoms with Crippen molar-refractivity contribution in [3.05, 3.63) is 0 Å². The summed E-state index contributed by atoms with van der Waals surface area (Å²) in [5, 5.41) is 0. The van der Waals surface area contributed by atoms with Crippen LogP contribution in [0, 0.1) is 0 Å². The summed E-state index contributed by atoms with van der Waals surface area (Å²) in [5.41, 5.74) is -0.913. The Balaban J connectivity index is 0. The molecular weight excluding hydrogens is 156 g/mol. The lowest BCUT2D eigenvalue weighted by molar-refractivity contribution is 0.410. The maximum Gasteiger partial charge on any atom is 0.237 e. The highest BCUT2D eigenvalue weighted by atomic mass is 16.1. The molecule has 0 rings (SSSR count). The molecule has 0 aliphatic rings. The smallest absolute Gasteiger partial charge is 0.211 e. The van der Waals surface area contributed by atoms with E-state index in [1.54, 1.807) is 13.8 Å². The molecule has 0 heterocycles. The third-order valence-electron chi connectivity index (χ3n) is 1.64. The number of hydrogen-bond acceptors (Lipinski definition) is 4. The fourth-order valence-electron chi connectivity index (χ4n) is 0.761. The van der Waals surface area contributed by atoms with E-state index in [-0.39, 0.29) is 7.43 Å². The molecule has 4 nitrogen and oxygen atoms in total. The Labute approximate surface area is 72.4 Å². The first-order valence-corrected chi connectivity index (χ1v) is 3.42. The topological polar surface area (TPSA) is 58.9 Å². The number of aliphatic imine (C=N–C) groups is 2. The summed E-state index contributed by atoms with van der Waals surface area (Å²) >= 11 is 0. The van der Waals surface area contributed by atoms with Crippen LogP contribution in [0.3, 0.4) is 0 Å². The molecular formula is C8H14N2O2. The van der Waals surface area contributed by atoms with Crippen LogP contribution in [-0.2, 0) is 9.59 Å². The van der Waals surface area contributed by atoms with Gasteiger partial charge in [-0.3, -0.25) is 0 Å². The normalized spacial score (nSPS) is 8.83. The largest absolute Gasteiger partial charge is 0.237 e. The Bertz CT molecular complexity index is 189. The highest BCUT2D eigenvalue weighted by Crippen LogP contribution is 2.20. The average molecular weight is 170 g/mol. The van der Waals surface area contributed by atoms with Crippen molar-refractivity contribution >= 4 is 12.2 Å². The van der Waals surface area contributed by atoms with Gasteiger partial charge in [0.15, 0.2) is 5.66 Å². The second-order valence-electron chi connectivity index (χ2n) is 2.10. The van der Waals surface area contributed by atoms with Crippen LogP contribution >= 0.6 is 0 Å². The lowest BCUT2D eigenvalue weighted by Crippen LogP contribution is -2.20. The SMILES string of the molecule is C.CCC(CC)(N=C=O)N=C=O. The van der Waals surface area contributed by atoms with Crippen molar-refractivity contribution in [3.8, 4) is 0 Å². The van der Waals surface area contributed by atoms with E-state index >= 15 is 0 Å². The Kier molecular flexibility index (Phi) is 7.20. The number of isocyanates is 2. The van der Waals surface area contributed by atoms with Gasteiger partial charge >= 0.3 is 0 Å². The van der Waals surface area contributed by atoms with Crippen molar-refractivity contribution in [2.45, 2.75) is 39.8 Å². The van der Waals surface area contributed by atoms with Crippen LogP contribution in [0.1, 0.15) is 34.1 Å². The van der Waals surface area contributed by atoms with Gasteiger partial charge in [0, 0.05) is 0 Å². The maximum atomic E-state index is 9.93. The minimum absolute atomic E-state index is 0. The zero-order valence-electron chi connectivity index (χ0n) is 6.63. The monoisotopic (exact) mass is 170 g/mol. The van der Waals surface area contributed by atoms with Crippen LogP contribution in [0.4, 0.5) is 0 Å². The molecule has 0 aliphatic heterocycles. The fraction of sp³-hybridized carbons (Fsp3) is 0.750. The van der Waals surface area contributed by atoms with Crippen molar-refractivity contribution in [1.29, 1.82) is 0 Å². The third kappa shape index (κ3) is 3.24. The van der Waals surface area contributed by atoms with Gasteiger partial charge in [-0.05, 0) is 12.8 Å². The second kappa shape index (κ2) is 6.47. The van der Waals surface area contributed by atoms with E-state index in [4.69, 9.17) is 0 Å². The van der Waals surface area contributed by atoms with Gasteiger partial charge in [0.25, 0.3) is 0 Å². The lowest BCUT2D eigenvalue weighted by Gasteiger charge is -2.16. The Morgan fingerprint density at radius 1 is 1.08 bits per heavy atom. The molecule has 0 bridgehead atoms. The quantitative estimate of drug-likeness (QED) is 0.477. The standard InChI is InChI=1S/C7H10N2O2.CH4/c1-3-7(4-2,8-5-10)9-6-11;/h3-4H2,1-2H3;1H4. The Morgan fingerprint density at radius 3 is 1.58 bits per heavy atom. The molecule has 0 radical (unpaired) electrons. The molecule has 0 aromatic carbocycles. The van der Waals surface area contributed by atoms with Crippen molar-refractivity contribution in [3.63, 3.8) is 0 Å². The Morgan fingerprint density at radius 2 is 1.42 bits per heavy atom. The Hall–Kier alpha value is -1.24. The van der Waals surface area contributed by atoms with Crippen molar-refractivity contribution in [2.24, 2.45) is 9.98 Å². The first-order valence-electron chi connectivity index (χ1n) is 3.42. The van der Waals surface area contributed by atoms with Gasteiger partial charge < -0.3 is 0 Å². The van der Waals surface area contributed by atoms with Crippen LogP contribution in [0.25, 0.3) is 0 Å². The molecule has 68 valence electrons. The van der Waals surface area contributed by atoms with Gasteiger partial charge in [0.2, 0.25) is 12.2 Å². The summed E-state index contributed by atoms with van der Waals surface area (Å²) in [4.78, 5) is 26.8. The van der Waals surface area contributed by atoms with Crippen molar-refractivity contribution < 1.29 is 9.59 Å². The van der Waals surface area contributed by atoms with E-state index in [0.29, 0.717) is 12.8 Å². The molecule has 0 spiro atoms. The molecule has 0 unspecified atom stereocenters. The zero-order chi connectivity index (χ0) is 8.74. The first-order chi connectivity index (χ1) is 5.24. The van der Waals surface area contributed by atoms with Gasteiger partial charge in [-0.15, -0.1) is 0 Å². The van der Waals surface area contributed by atoms with Gasteiger partial charge in [-0.2, -0.15) is 9.98 Å². The van der Waals surface area contributed by atoms with Gasteiger partial charge in [0.1, 0.15) is 0 Å². The zero-order valence-corrected chi connectivity index (χ0v) is 6.63. The summed E-state index contributed by atoms with van der Waals surface area (Å²) in [7, 11) is 0. The minimum Gasteiger partial charge on any atom is -0.211 e. The molecule has 0 amide bonds. The minimum atomic E-state index is -0.913. The molecule has 0 aromatic rings. The van der Waals surface area contributed by atoms with E-state index < -0.39 is 5.66 Å². The highest BCUT2D eigenvalue weighted by molar-refractivity contribution is 5.38.